The first kappa shape index (κ1) is 15.9. The molecular weight excluding hydrogens is 365 g/mol. The van der Waals surface area contributed by atoms with Gasteiger partial charge in [0.15, 0.2) is 5.82 Å². The minimum Gasteiger partial charge on any atom is -0.360 e. The van der Waals surface area contributed by atoms with Gasteiger partial charge in [-0.15, -0.1) is 10.2 Å². The largest absolute Gasteiger partial charge is 0.360 e. The van der Waals surface area contributed by atoms with Crippen molar-refractivity contribution in [3.8, 4) is 0 Å². The molecule has 128 valence electrons. The molecule has 0 bridgehead atoms. The third-order valence-corrected chi connectivity index (χ3v) is 4.69. The molecule has 8 nitrogen and oxygen atoms in total. The minimum absolute atomic E-state index is 0.123. The van der Waals surface area contributed by atoms with Gasteiger partial charge in [0.05, 0.1) is 29.1 Å². The summed E-state index contributed by atoms with van der Waals surface area (Å²) in [4.78, 5) is 13.6. The van der Waals surface area contributed by atoms with Crippen molar-refractivity contribution in [3.63, 3.8) is 0 Å². The molecule has 0 saturated heterocycles. The van der Waals surface area contributed by atoms with Gasteiger partial charge in [-0.3, -0.25) is 9.36 Å². The van der Waals surface area contributed by atoms with Gasteiger partial charge in [0.25, 0.3) is 5.56 Å². The maximum atomic E-state index is 11.6. The lowest BCUT2D eigenvalue weighted by atomic mass is 10.3. The lowest BCUT2D eigenvalue weighted by Crippen LogP contribution is -2.35. The fourth-order valence-corrected chi connectivity index (χ4v) is 3.13. The van der Waals surface area contributed by atoms with Crippen LogP contribution in [0.15, 0.2) is 35.3 Å². The molecule has 3 heterocycles. The summed E-state index contributed by atoms with van der Waals surface area (Å²) in [5, 5.41) is 18.5. The molecule has 1 aliphatic heterocycles. The lowest BCUT2D eigenvalue weighted by Gasteiger charge is -2.29. The molecule has 10 heteroatoms. The maximum Gasteiger partial charge on any atom is 0.285 e. The number of halogens is 2. The Hall–Kier alpha value is -2.58. The first-order valence-corrected chi connectivity index (χ1v) is 8.31. The molecule has 1 aliphatic rings. The third-order valence-electron chi connectivity index (χ3n) is 3.99. The van der Waals surface area contributed by atoms with Crippen molar-refractivity contribution in [2.45, 2.75) is 13.1 Å². The van der Waals surface area contributed by atoms with E-state index in [1.54, 1.807) is 12.3 Å². The summed E-state index contributed by atoms with van der Waals surface area (Å²) in [5.41, 5.74) is 0.941. The fraction of sp³-hybridized carbons (Fsp3) is 0.200. The van der Waals surface area contributed by atoms with Crippen LogP contribution >= 0.6 is 23.2 Å². The highest BCUT2D eigenvalue weighted by Crippen LogP contribution is 2.28. The van der Waals surface area contributed by atoms with Gasteiger partial charge in [0, 0.05) is 13.1 Å². The summed E-state index contributed by atoms with van der Waals surface area (Å²) in [6.07, 6.45) is 1.54. The second-order valence-corrected chi connectivity index (χ2v) is 6.30. The van der Waals surface area contributed by atoms with Crippen LogP contribution in [0, 0.1) is 0 Å². The van der Waals surface area contributed by atoms with E-state index < -0.39 is 5.56 Å². The van der Waals surface area contributed by atoms with Gasteiger partial charge >= 0.3 is 0 Å². The monoisotopic (exact) mass is 377 g/mol. The Labute approximate surface area is 152 Å². The van der Waals surface area contributed by atoms with Gasteiger partial charge in [-0.25, -0.2) is 5.10 Å². The number of hydrogen-bond donors (Lipinski definition) is 2. The Kier molecular flexibility index (Phi) is 4.06. The van der Waals surface area contributed by atoms with Crippen molar-refractivity contribution in [2.75, 3.05) is 16.8 Å². The number of H-pyrrole nitrogens is 1. The average Bonchev–Trinajstić information content (AvgIpc) is 3.01. The van der Waals surface area contributed by atoms with E-state index in [1.807, 2.05) is 27.7 Å². The van der Waals surface area contributed by atoms with E-state index in [-0.39, 0.29) is 5.02 Å². The number of benzene rings is 1. The van der Waals surface area contributed by atoms with Crippen LogP contribution in [0.1, 0.15) is 5.82 Å². The number of nitrogens with zero attached hydrogens (tertiary/aromatic N) is 5. The first-order valence-electron chi connectivity index (χ1n) is 7.55. The van der Waals surface area contributed by atoms with Crippen LogP contribution in [0.3, 0.4) is 0 Å². The van der Waals surface area contributed by atoms with Crippen molar-refractivity contribution < 1.29 is 0 Å². The van der Waals surface area contributed by atoms with E-state index in [0.29, 0.717) is 36.3 Å². The van der Waals surface area contributed by atoms with Crippen LogP contribution in [-0.2, 0) is 13.1 Å². The number of fused-ring (bicyclic) bond motifs is 1. The molecule has 4 rings (SSSR count). The molecule has 0 atom stereocenters. The van der Waals surface area contributed by atoms with E-state index in [9.17, 15) is 4.79 Å². The van der Waals surface area contributed by atoms with Crippen molar-refractivity contribution in [3.05, 3.63) is 56.7 Å². The first-order chi connectivity index (χ1) is 12.1. The summed E-state index contributed by atoms with van der Waals surface area (Å²) >= 11 is 12.3. The van der Waals surface area contributed by atoms with E-state index in [4.69, 9.17) is 23.2 Å². The van der Waals surface area contributed by atoms with Crippen molar-refractivity contribution in [1.29, 1.82) is 0 Å². The van der Waals surface area contributed by atoms with Crippen molar-refractivity contribution in [2.24, 2.45) is 0 Å². The second-order valence-electron chi connectivity index (χ2n) is 5.52. The molecule has 0 aliphatic carbocycles. The molecule has 1 aromatic carbocycles. The highest BCUT2D eigenvalue weighted by molar-refractivity contribution is 6.33. The Morgan fingerprint density at radius 1 is 1.16 bits per heavy atom. The molecule has 25 heavy (non-hydrogen) atoms. The SMILES string of the molecule is O=c1[nH]ncc(N2CCn3c(nnc3Nc3ccccc3Cl)C2)c1Cl. The summed E-state index contributed by atoms with van der Waals surface area (Å²) < 4.78 is 1.98. The number of rotatable bonds is 3. The van der Waals surface area contributed by atoms with Crippen LogP contribution in [0.5, 0.6) is 0 Å². The summed E-state index contributed by atoms with van der Waals surface area (Å²) in [6, 6.07) is 7.44. The van der Waals surface area contributed by atoms with E-state index in [0.717, 1.165) is 11.5 Å². The number of anilines is 3. The predicted octanol–water partition coefficient (Wildman–Crippen LogP) is 2.43. The summed E-state index contributed by atoms with van der Waals surface area (Å²) in [6.45, 7) is 1.76. The van der Waals surface area contributed by atoms with Crippen LogP contribution < -0.4 is 15.8 Å². The molecule has 0 radical (unpaired) electrons. The molecule has 2 N–H and O–H groups in total. The minimum atomic E-state index is -0.410. The quantitative estimate of drug-likeness (QED) is 0.728. The zero-order chi connectivity index (χ0) is 17.4. The number of hydrogen-bond acceptors (Lipinski definition) is 6. The normalized spacial score (nSPS) is 13.6. The maximum absolute atomic E-state index is 11.6. The van der Waals surface area contributed by atoms with Crippen LogP contribution in [0.4, 0.5) is 17.3 Å². The lowest BCUT2D eigenvalue weighted by molar-refractivity contribution is 0.563. The Morgan fingerprint density at radius 2 is 2.00 bits per heavy atom. The molecule has 3 aromatic rings. The predicted molar refractivity (Wildman–Crippen MR) is 95.7 cm³/mol. The summed E-state index contributed by atoms with van der Waals surface area (Å²) in [7, 11) is 0. The summed E-state index contributed by atoms with van der Waals surface area (Å²) in [5.74, 6) is 1.38. The number of nitrogens with one attached hydrogen (secondary N) is 2. The molecule has 0 spiro atoms. The number of aromatic amines is 1. The second kappa shape index (κ2) is 6.38. The highest BCUT2D eigenvalue weighted by Gasteiger charge is 2.24. The van der Waals surface area contributed by atoms with Gasteiger partial charge in [-0.2, -0.15) is 5.10 Å². The molecule has 0 fully saturated rings. The smallest absolute Gasteiger partial charge is 0.285 e. The zero-order valence-corrected chi connectivity index (χ0v) is 14.4. The molecule has 0 amide bonds. The van der Waals surface area contributed by atoms with E-state index in [1.165, 1.54) is 0 Å². The van der Waals surface area contributed by atoms with Gasteiger partial charge in [0.1, 0.15) is 5.02 Å². The molecule has 0 saturated carbocycles. The van der Waals surface area contributed by atoms with Crippen molar-refractivity contribution in [1.82, 2.24) is 25.0 Å². The van der Waals surface area contributed by atoms with E-state index >= 15 is 0 Å². The van der Waals surface area contributed by atoms with Gasteiger partial charge < -0.3 is 10.2 Å². The molecule has 0 unspecified atom stereocenters. The molecule has 2 aromatic heterocycles. The Morgan fingerprint density at radius 3 is 2.84 bits per heavy atom. The van der Waals surface area contributed by atoms with Gasteiger partial charge in [-0.1, -0.05) is 35.3 Å². The van der Waals surface area contributed by atoms with Crippen LogP contribution in [0.2, 0.25) is 10.0 Å². The van der Waals surface area contributed by atoms with E-state index in [2.05, 4.69) is 25.7 Å². The fourth-order valence-electron chi connectivity index (χ4n) is 2.73. The zero-order valence-electron chi connectivity index (χ0n) is 12.9. The topological polar surface area (TPSA) is 91.7 Å². The average molecular weight is 378 g/mol. The standard InChI is InChI=1S/C15H13Cl2N7O/c16-9-3-1-2-4-10(9)19-15-22-20-12-8-23(5-6-24(12)15)11-7-18-21-14(25)13(11)17/h1-4,7H,5-6,8H2,(H,19,22)(H,21,25). The van der Waals surface area contributed by atoms with Crippen LogP contribution in [-0.4, -0.2) is 31.5 Å². The van der Waals surface area contributed by atoms with Gasteiger partial charge in [-0.05, 0) is 12.1 Å². The van der Waals surface area contributed by atoms with Crippen molar-refractivity contribution >= 4 is 40.5 Å². The number of para-hydroxylation sites is 1. The third kappa shape index (κ3) is 2.94. The van der Waals surface area contributed by atoms with Crippen LogP contribution in [0.25, 0.3) is 0 Å². The Bertz CT molecular complexity index is 984. The highest BCUT2D eigenvalue weighted by atomic mass is 35.5. The molecular formula is C15H13Cl2N7O. The Balaban J connectivity index is 1.60. The number of aromatic nitrogens is 5. The van der Waals surface area contributed by atoms with Gasteiger partial charge in [0.2, 0.25) is 5.95 Å².